The summed E-state index contributed by atoms with van der Waals surface area (Å²) in [5, 5.41) is 11.3. The molecule has 1 aromatic rings. The molecule has 4 heteroatoms. The number of unbranched alkanes of at least 4 members (excludes halogenated alkanes) is 3. The summed E-state index contributed by atoms with van der Waals surface area (Å²) >= 11 is -2.72. The molecule has 0 unspecified atom stereocenters. The fourth-order valence-corrected chi connectivity index (χ4v) is 19.3. The Morgan fingerprint density at radius 2 is 1.48 bits per heavy atom. The molecule has 0 bridgehead atoms. The Balaban J connectivity index is 3.15. The molecule has 0 amide bonds. The Morgan fingerprint density at radius 3 is 1.86 bits per heavy atom. The van der Waals surface area contributed by atoms with Gasteiger partial charge in [0.2, 0.25) is 0 Å². The summed E-state index contributed by atoms with van der Waals surface area (Å²) in [6.45, 7) is 6.63. The zero-order chi connectivity index (χ0) is 15.7. The summed E-state index contributed by atoms with van der Waals surface area (Å²) < 4.78 is 19.7. The first-order valence-electron chi connectivity index (χ1n) is 8.48. The van der Waals surface area contributed by atoms with Crippen molar-refractivity contribution in [2.45, 2.75) is 72.6 Å². The van der Waals surface area contributed by atoms with Gasteiger partial charge < -0.3 is 0 Å². The average Bonchev–Trinajstić information content (AvgIpc) is 2.47. The van der Waals surface area contributed by atoms with Crippen LogP contribution in [0.1, 0.15) is 59.3 Å². The van der Waals surface area contributed by atoms with Gasteiger partial charge in [0.1, 0.15) is 0 Å². The van der Waals surface area contributed by atoms with Gasteiger partial charge in [0.05, 0.1) is 0 Å². The van der Waals surface area contributed by atoms with Gasteiger partial charge in [0.15, 0.2) is 0 Å². The molecular formula is C17H30FNOSn. The van der Waals surface area contributed by atoms with Crippen LogP contribution in [-0.4, -0.2) is 18.4 Å². The van der Waals surface area contributed by atoms with Gasteiger partial charge in [0.25, 0.3) is 0 Å². The van der Waals surface area contributed by atoms with E-state index in [1.165, 1.54) is 58.0 Å². The molecule has 1 aromatic heterocycles. The Labute approximate surface area is 133 Å². The second-order valence-electron chi connectivity index (χ2n) is 6.16. The van der Waals surface area contributed by atoms with Gasteiger partial charge in [-0.05, 0) is 0 Å². The monoisotopic (exact) mass is 403 g/mol. The molecule has 0 aromatic carbocycles. The number of nitrogens with zero attached hydrogens (tertiary/aromatic N) is 1. The number of pyridine rings is 1. The molecule has 0 spiro atoms. The van der Waals surface area contributed by atoms with E-state index in [4.69, 9.17) is 0 Å². The molecule has 0 aliphatic carbocycles. The Morgan fingerprint density at radius 1 is 1.00 bits per heavy atom. The minimum atomic E-state index is -2.72. The maximum absolute atomic E-state index is 14.5. The van der Waals surface area contributed by atoms with E-state index in [0.29, 0.717) is 4.73 Å². The van der Waals surface area contributed by atoms with Crippen molar-refractivity contribution in [3.63, 3.8) is 0 Å². The molecule has 0 N–H and O–H groups in total. The molecule has 0 fully saturated rings. The van der Waals surface area contributed by atoms with E-state index in [2.05, 4.69) is 20.8 Å². The van der Waals surface area contributed by atoms with Crippen molar-refractivity contribution in [1.29, 1.82) is 0 Å². The molecule has 0 atom stereocenters. The predicted molar refractivity (Wildman–Crippen MR) is 89.9 cm³/mol. The van der Waals surface area contributed by atoms with Gasteiger partial charge in [-0.2, -0.15) is 0 Å². The van der Waals surface area contributed by atoms with Gasteiger partial charge in [-0.3, -0.25) is 0 Å². The molecule has 0 saturated carbocycles. The topological polar surface area (TPSA) is 26.9 Å². The van der Waals surface area contributed by atoms with Gasteiger partial charge >= 0.3 is 133 Å². The minimum absolute atomic E-state index is 0.244. The molecule has 1 rings (SSSR count). The quantitative estimate of drug-likeness (QED) is 0.321. The molecule has 0 aliphatic rings. The van der Waals surface area contributed by atoms with Crippen LogP contribution in [0.2, 0.25) is 13.3 Å². The maximum atomic E-state index is 14.5. The third kappa shape index (κ3) is 5.42. The molecule has 1 heterocycles. The van der Waals surface area contributed by atoms with Crippen molar-refractivity contribution in [3.8, 4) is 0 Å². The van der Waals surface area contributed by atoms with Crippen LogP contribution < -0.4 is 8.31 Å². The third-order valence-electron chi connectivity index (χ3n) is 4.48. The summed E-state index contributed by atoms with van der Waals surface area (Å²) in [5.74, 6) is -0.244. The molecule has 0 aliphatic heterocycles. The Kier molecular flexibility index (Phi) is 8.60. The Hall–Kier alpha value is -0.321. The van der Waals surface area contributed by atoms with E-state index in [9.17, 15) is 9.60 Å². The van der Waals surface area contributed by atoms with Crippen molar-refractivity contribution >= 4 is 22.0 Å². The molecule has 0 radical (unpaired) electrons. The standard InChI is InChI=1S/C5H3FNO.3C4H9.Sn/c6-5-2-1-3-7(8)4-5;3*1-3-4-2;/h1,3-4H;3*1,3-4H2,2H3;. The van der Waals surface area contributed by atoms with E-state index in [1.807, 2.05) is 0 Å². The van der Waals surface area contributed by atoms with Crippen LogP contribution in [0.4, 0.5) is 4.39 Å². The summed E-state index contributed by atoms with van der Waals surface area (Å²) in [6.07, 6.45) is 9.76. The molecule has 2 nitrogen and oxygen atoms in total. The van der Waals surface area contributed by atoms with Crippen molar-refractivity contribution in [3.05, 3.63) is 29.5 Å². The zero-order valence-electron chi connectivity index (χ0n) is 13.8. The molecule has 120 valence electrons. The van der Waals surface area contributed by atoms with Crippen LogP contribution in [0.25, 0.3) is 0 Å². The van der Waals surface area contributed by atoms with Crippen LogP contribution in [0.3, 0.4) is 0 Å². The van der Waals surface area contributed by atoms with Crippen LogP contribution >= 0.6 is 0 Å². The first-order valence-corrected chi connectivity index (χ1v) is 16.0. The van der Waals surface area contributed by atoms with Crippen LogP contribution in [0.15, 0.2) is 18.5 Å². The van der Waals surface area contributed by atoms with E-state index in [-0.39, 0.29) is 5.82 Å². The summed E-state index contributed by atoms with van der Waals surface area (Å²) in [7, 11) is 0. The van der Waals surface area contributed by atoms with Crippen molar-refractivity contribution in [2.24, 2.45) is 0 Å². The van der Waals surface area contributed by atoms with Crippen LogP contribution in [0, 0.1) is 11.0 Å². The molecule has 21 heavy (non-hydrogen) atoms. The van der Waals surface area contributed by atoms with Gasteiger partial charge in [-0.25, -0.2) is 0 Å². The third-order valence-corrected chi connectivity index (χ3v) is 20.1. The first-order chi connectivity index (χ1) is 10.1. The van der Waals surface area contributed by atoms with E-state index < -0.39 is 18.4 Å². The second kappa shape index (κ2) is 9.65. The van der Waals surface area contributed by atoms with Crippen LogP contribution in [-0.2, 0) is 0 Å². The van der Waals surface area contributed by atoms with Crippen molar-refractivity contribution in [2.75, 3.05) is 0 Å². The number of halogens is 1. The molecule has 0 saturated heterocycles. The number of hydrogen-bond donors (Lipinski definition) is 0. The fraction of sp³-hybridized carbons (Fsp3) is 0.706. The summed E-state index contributed by atoms with van der Waals surface area (Å²) in [5.41, 5.74) is 0. The summed E-state index contributed by atoms with van der Waals surface area (Å²) in [4.78, 5) is 0. The van der Waals surface area contributed by atoms with Gasteiger partial charge in [0, 0.05) is 0 Å². The SMILES string of the molecule is CCC[CH2][Sn]([CH2]CCC)([CH2]CCC)[c]1cc[n+]([O-])cc1F. The van der Waals surface area contributed by atoms with E-state index in [1.54, 1.807) is 6.07 Å². The number of aromatic nitrogens is 1. The fourth-order valence-electron chi connectivity index (χ4n) is 3.21. The number of rotatable bonds is 10. The van der Waals surface area contributed by atoms with E-state index >= 15 is 0 Å². The average molecular weight is 402 g/mol. The predicted octanol–water partition coefficient (Wildman–Crippen LogP) is 4.52. The normalized spacial score (nSPS) is 11.8. The second-order valence-corrected chi connectivity index (χ2v) is 19.3. The first kappa shape index (κ1) is 18.7. The van der Waals surface area contributed by atoms with Crippen LogP contribution in [0.5, 0.6) is 0 Å². The van der Waals surface area contributed by atoms with Gasteiger partial charge in [-0.15, -0.1) is 0 Å². The summed E-state index contributed by atoms with van der Waals surface area (Å²) in [6, 6.07) is 1.80. The number of hydrogen-bond acceptors (Lipinski definition) is 1. The Bertz CT molecular complexity index is 403. The van der Waals surface area contributed by atoms with Gasteiger partial charge in [-0.1, -0.05) is 0 Å². The van der Waals surface area contributed by atoms with Crippen molar-refractivity contribution in [1.82, 2.24) is 0 Å². The van der Waals surface area contributed by atoms with E-state index in [0.717, 1.165) is 9.78 Å². The molecular weight excluding hydrogens is 372 g/mol. The van der Waals surface area contributed by atoms with Crippen molar-refractivity contribution < 1.29 is 9.12 Å². The zero-order valence-corrected chi connectivity index (χ0v) is 16.7.